The lowest BCUT2D eigenvalue weighted by Gasteiger charge is -2.05. The third-order valence-electron chi connectivity index (χ3n) is 2.35. The molecular formula is C12H10N2O5S. The van der Waals surface area contributed by atoms with Gasteiger partial charge >= 0.3 is 5.97 Å². The Labute approximate surface area is 117 Å². The van der Waals surface area contributed by atoms with Crippen molar-refractivity contribution in [3.63, 3.8) is 0 Å². The minimum atomic E-state index is -1.02. The summed E-state index contributed by atoms with van der Waals surface area (Å²) in [7, 11) is 0. The van der Waals surface area contributed by atoms with Gasteiger partial charge in [-0.1, -0.05) is 6.07 Å². The number of phenols is 2. The van der Waals surface area contributed by atoms with Crippen LogP contribution in [0.15, 0.2) is 23.6 Å². The van der Waals surface area contributed by atoms with Gasteiger partial charge in [0.15, 0.2) is 5.13 Å². The van der Waals surface area contributed by atoms with Crippen molar-refractivity contribution in [3.05, 3.63) is 34.8 Å². The molecule has 0 spiro atoms. The molecule has 0 atom stereocenters. The number of nitrogens with one attached hydrogen (secondary N) is 1. The normalized spacial score (nSPS) is 10.2. The Bertz CT molecular complexity index is 647. The number of nitrogens with zero attached hydrogens (tertiary/aromatic N) is 1. The number of carboxylic acids is 1. The van der Waals surface area contributed by atoms with E-state index in [9.17, 15) is 19.8 Å². The zero-order chi connectivity index (χ0) is 14.7. The van der Waals surface area contributed by atoms with Crippen LogP contribution in [0.3, 0.4) is 0 Å². The van der Waals surface area contributed by atoms with Crippen molar-refractivity contribution < 1.29 is 24.9 Å². The topological polar surface area (TPSA) is 120 Å². The average molecular weight is 294 g/mol. The van der Waals surface area contributed by atoms with Gasteiger partial charge in [0.25, 0.3) is 5.91 Å². The van der Waals surface area contributed by atoms with E-state index >= 15 is 0 Å². The van der Waals surface area contributed by atoms with Crippen molar-refractivity contribution in [2.45, 2.75) is 6.42 Å². The maximum atomic E-state index is 11.9. The second-order valence-electron chi connectivity index (χ2n) is 3.84. The smallest absolute Gasteiger partial charge is 0.309 e. The number of rotatable bonds is 4. The standard InChI is InChI=1S/C12H10N2O5S/c15-7-2-1-3-8(16)10(7)11(19)14-12-13-6(5-20-12)4-9(17)18/h1-3,5,15-16H,4H2,(H,17,18)(H,13,14,19). The molecule has 104 valence electrons. The molecule has 0 aliphatic heterocycles. The Hall–Kier alpha value is -2.61. The number of aliphatic carboxylic acids is 1. The molecule has 7 nitrogen and oxygen atoms in total. The molecule has 0 saturated carbocycles. The average Bonchev–Trinajstić information content (AvgIpc) is 2.75. The van der Waals surface area contributed by atoms with Gasteiger partial charge in [-0.15, -0.1) is 11.3 Å². The van der Waals surface area contributed by atoms with Crippen LogP contribution >= 0.6 is 11.3 Å². The predicted octanol–water partition coefficient (Wildman–Crippen LogP) is 1.43. The molecule has 0 aliphatic carbocycles. The summed E-state index contributed by atoms with van der Waals surface area (Å²) in [5.74, 6) is -2.46. The Morgan fingerprint density at radius 1 is 1.25 bits per heavy atom. The van der Waals surface area contributed by atoms with Gasteiger partial charge < -0.3 is 15.3 Å². The summed E-state index contributed by atoms with van der Waals surface area (Å²) < 4.78 is 0. The molecule has 20 heavy (non-hydrogen) atoms. The molecule has 0 aliphatic rings. The number of anilines is 1. The van der Waals surface area contributed by atoms with E-state index in [2.05, 4.69) is 10.3 Å². The fraction of sp³-hybridized carbons (Fsp3) is 0.0833. The summed E-state index contributed by atoms with van der Waals surface area (Å²) in [4.78, 5) is 26.3. The van der Waals surface area contributed by atoms with E-state index in [4.69, 9.17) is 5.11 Å². The molecule has 2 rings (SSSR count). The first-order valence-electron chi connectivity index (χ1n) is 5.46. The lowest BCUT2D eigenvalue weighted by molar-refractivity contribution is -0.136. The van der Waals surface area contributed by atoms with E-state index in [0.29, 0.717) is 5.69 Å². The Morgan fingerprint density at radius 3 is 2.50 bits per heavy atom. The number of hydrogen-bond acceptors (Lipinski definition) is 6. The SMILES string of the molecule is O=C(O)Cc1csc(NC(=O)c2c(O)cccc2O)n1. The van der Waals surface area contributed by atoms with E-state index in [0.717, 1.165) is 11.3 Å². The molecule has 4 N–H and O–H groups in total. The van der Waals surface area contributed by atoms with Crippen LogP contribution in [0.25, 0.3) is 0 Å². The molecule has 2 aromatic rings. The van der Waals surface area contributed by atoms with Crippen LogP contribution < -0.4 is 5.32 Å². The number of aromatic nitrogens is 1. The van der Waals surface area contributed by atoms with Crippen LogP contribution in [-0.2, 0) is 11.2 Å². The first-order chi connectivity index (χ1) is 9.47. The fourth-order valence-electron chi connectivity index (χ4n) is 1.52. The second-order valence-corrected chi connectivity index (χ2v) is 4.70. The van der Waals surface area contributed by atoms with Gasteiger partial charge in [-0.3, -0.25) is 14.9 Å². The van der Waals surface area contributed by atoms with Crippen LogP contribution in [-0.4, -0.2) is 32.2 Å². The van der Waals surface area contributed by atoms with Crippen LogP contribution in [0, 0.1) is 0 Å². The summed E-state index contributed by atoms with van der Waals surface area (Å²) in [5.41, 5.74) is 0.0572. The first kappa shape index (κ1) is 13.8. The van der Waals surface area contributed by atoms with Crippen LogP contribution in [0.4, 0.5) is 5.13 Å². The van der Waals surface area contributed by atoms with Gasteiger partial charge in [-0.2, -0.15) is 0 Å². The Morgan fingerprint density at radius 2 is 1.90 bits per heavy atom. The lowest BCUT2D eigenvalue weighted by Crippen LogP contribution is -2.12. The largest absolute Gasteiger partial charge is 0.507 e. The number of benzene rings is 1. The quantitative estimate of drug-likeness (QED) is 0.677. The summed E-state index contributed by atoms with van der Waals surface area (Å²) in [6.07, 6.45) is -0.242. The van der Waals surface area contributed by atoms with Crippen molar-refractivity contribution in [2.75, 3.05) is 5.32 Å². The number of hydrogen-bond donors (Lipinski definition) is 4. The van der Waals surface area contributed by atoms with Crippen molar-refractivity contribution in [3.8, 4) is 11.5 Å². The first-order valence-corrected chi connectivity index (χ1v) is 6.34. The molecule has 1 amide bonds. The number of carboxylic acid groups (broad SMARTS) is 1. The number of carbonyl (C=O) groups excluding carboxylic acids is 1. The fourth-order valence-corrected chi connectivity index (χ4v) is 2.23. The van der Waals surface area contributed by atoms with E-state index in [1.54, 1.807) is 0 Å². The van der Waals surface area contributed by atoms with Gasteiger partial charge in [-0.05, 0) is 12.1 Å². The minimum Gasteiger partial charge on any atom is -0.507 e. The highest BCUT2D eigenvalue weighted by Crippen LogP contribution is 2.27. The maximum Gasteiger partial charge on any atom is 0.309 e. The Balaban J connectivity index is 2.16. The van der Waals surface area contributed by atoms with Crippen molar-refractivity contribution in [1.82, 2.24) is 4.98 Å². The molecular weight excluding hydrogens is 284 g/mol. The van der Waals surface area contributed by atoms with Crippen molar-refractivity contribution in [1.29, 1.82) is 0 Å². The van der Waals surface area contributed by atoms with Crippen LogP contribution in [0.2, 0.25) is 0 Å². The highest BCUT2D eigenvalue weighted by Gasteiger charge is 2.17. The van der Waals surface area contributed by atoms with Gasteiger partial charge in [0, 0.05) is 5.38 Å². The highest BCUT2D eigenvalue weighted by molar-refractivity contribution is 7.14. The summed E-state index contributed by atoms with van der Waals surface area (Å²) in [6, 6.07) is 3.94. The molecule has 0 bridgehead atoms. The van der Waals surface area contributed by atoms with Crippen molar-refractivity contribution in [2.24, 2.45) is 0 Å². The number of thiazole rings is 1. The molecule has 0 radical (unpaired) electrons. The molecule has 8 heteroatoms. The molecule has 0 saturated heterocycles. The molecule has 0 unspecified atom stereocenters. The molecule has 1 aromatic carbocycles. The minimum absolute atomic E-state index is 0.189. The van der Waals surface area contributed by atoms with E-state index < -0.39 is 11.9 Å². The summed E-state index contributed by atoms with van der Waals surface area (Å²) >= 11 is 1.06. The lowest BCUT2D eigenvalue weighted by atomic mass is 10.1. The van der Waals surface area contributed by atoms with Crippen LogP contribution in [0.5, 0.6) is 11.5 Å². The monoisotopic (exact) mass is 294 g/mol. The number of phenolic OH excluding ortho intramolecular Hbond substituents is 2. The molecule has 0 fully saturated rings. The summed E-state index contributed by atoms with van der Waals surface area (Å²) in [6.45, 7) is 0. The molecule has 1 heterocycles. The highest BCUT2D eigenvalue weighted by atomic mass is 32.1. The zero-order valence-electron chi connectivity index (χ0n) is 10.0. The van der Waals surface area contributed by atoms with E-state index in [1.165, 1.54) is 23.6 Å². The van der Waals surface area contributed by atoms with Gasteiger partial charge in [0.05, 0.1) is 12.1 Å². The van der Waals surface area contributed by atoms with Gasteiger partial charge in [0.1, 0.15) is 17.1 Å². The van der Waals surface area contributed by atoms with E-state index in [1.807, 2.05) is 0 Å². The van der Waals surface area contributed by atoms with Gasteiger partial charge in [0.2, 0.25) is 0 Å². The number of carbonyl (C=O) groups is 2. The number of amides is 1. The third-order valence-corrected chi connectivity index (χ3v) is 3.16. The molecule has 1 aromatic heterocycles. The third kappa shape index (κ3) is 3.04. The van der Waals surface area contributed by atoms with Crippen LogP contribution in [0.1, 0.15) is 16.1 Å². The second kappa shape index (κ2) is 5.57. The van der Waals surface area contributed by atoms with E-state index in [-0.39, 0.29) is 28.6 Å². The number of aromatic hydroxyl groups is 2. The van der Waals surface area contributed by atoms with Gasteiger partial charge in [-0.25, -0.2) is 4.98 Å². The summed E-state index contributed by atoms with van der Waals surface area (Å²) in [5, 5.41) is 31.8. The van der Waals surface area contributed by atoms with Crippen molar-refractivity contribution >= 4 is 28.3 Å². The maximum absolute atomic E-state index is 11.9. The zero-order valence-corrected chi connectivity index (χ0v) is 10.8. The Kier molecular flexibility index (Phi) is 3.85. The predicted molar refractivity (Wildman–Crippen MR) is 71.2 cm³/mol.